The van der Waals surface area contributed by atoms with E-state index in [0.29, 0.717) is 5.56 Å². The van der Waals surface area contributed by atoms with Crippen LogP contribution in [0.3, 0.4) is 0 Å². The molecule has 7 heteroatoms. The van der Waals surface area contributed by atoms with Crippen LogP contribution in [-0.2, 0) is 0 Å². The zero-order valence-corrected chi connectivity index (χ0v) is 12.8. The molecular formula is C10H10BF4KO. The maximum absolute atomic E-state index is 13.1. The van der Waals surface area contributed by atoms with Crippen LogP contribution in [0.25, 0.3) is 0 Å². The quantitative estimate of drug-likeness (QED) is 0.571. The first-order valence-electron chi connectivity index (χ1n) is 4.57. The summed E-state index contributed by atoms with van der Waals surface area (Å²) in [5.41, 5.74) is -0.277. The van der Waals surface area contributed by atoms with E-state index in [9.17, 15) is 17.3 Å². The topological polar surface area (TPSA) is 9.23 Å². The number of aryl methyl sites for hydroxylation is 1. The summed E-state index contributed by atoms with van der Waals surface area (Å²) in [5, 5.41) is 0. The van der Waals surface area contributed by atoms with Crippen LogP contribution in [0.15, 0.2) is 30.3 Å². The molecule has 1 aromatic carbocycles. The summed E-state index contributed by atoms with van der Waals surface area (Å²) in [6, 6.07) is 3.99. The Bertz CT molecular complexity index is 406. The number of hydrogen-bond donors (Lipinski definition) is 0. The van der Waals surface area contributed by atoms with E-state index in [4.69, 9.17) is 4.74 Å². The molecule has 0 amide bonds. The second kappa shape index (κ2) is 6.94. The molecule has 1 aromatic rings. The first-order valence-corrected chi connectivity index (χ1v) is 4.57. The van der Waals surface area contributed by atoms with Gasteiger partial charge in [0, 0.05) is 0 Å². The Morgan fingerprint density at radius 3 is 2.47 bits per heavy atom. The van der Waals surface area contributed by atoms with Gasteiger partial charge in [-0.05, 0) is 24.6 Å². The van der Waals surface area contributed by atoms with Gasteiger partial charge in [-0.3, -0.25) is 0 Å². The summed E-state index contributed by atoms with van der Waals surface area (Å²) in [4.78, 5) is 0. The maximum Gasteiger partial charge on any atom is 1.00 e. The molecule has 1 nitrogen and oxygen atoms in total. The first kappa shape index (κ1) is 17.2. The molecule has 0 atom stereocenters. The summed E-state index contributed by atoms with van der Waals surface area (Å²) < 4.78 is 54.2. The zero-order valence-electron chi connectivity index (χ0n) is 9.64. The monoisotopic (exact) mass is 272 g/mol. The predicted molar refractivity (Wildman–Crippen MR) is 54.9 cm³/mol. The molecule has 1 rings (SSSR count). The van der Waals surface area contributed by atoms with Gasteiger partial charge in [0.1, 0.15) is 0 Å². The first-order chi connectivity index (χ1) is 7.30. The predicted octanol–water partition coefficient (Wildman–Crippen LogP) is 0.460. The van der Waals surface area contributed by atoms with Gasteiger partial charge >= 0.3 is 58.4 Å². The smallest absolute Gasteiger partial charge is 0.489 e. The van der Waals surface area contributed by atoms with Crippen LogP contribution in [-0.4, -0.2) is 13.6 Å². The fourth-order valence-corrected chi connectivity index (χ4v) is 0.986. The van der Waals surface area contributed by atoms with Crippen LogP contribution in [0.5, 0.6) is 5.75 Å². The number of halogens is 4. The minimum Gasteiger partial charge on any atom is -0.489 e. The third kappa shape index (κ3) is 5.57. The molecule has 0 N–H and O–H groups in total. The van der Waals surface area contributed by atoms with Crippen molar-refractivity contribution in [2.45, 2.75) is 6.92 Å². The second-order valence-electron chi connectivity index (χ2n) is 3.46. The van der Waals surface area contributed by atoms with E-state index < -0.39 is 24.9 Å². The van der Waals surface area contributed by atoms with Gasteiger partial charge < -0.3 is 17.7 Å². The molecule has 0 aromatic heterocycles. The van der Waals surface area contributed by atoms with Crippen LogP contribution in [0.2, 0.25) is 0 Å². The second-order valence-corrected chi connectivity index (χ2v) is 3.46. The van der Waals surface area contributed by atoms with E-state index in [0.717, 1.165) is 6.07 Å². The molecule has 0 aliphatic carbocycles. The molecule has 0 saturated carbocycles. The summed E-state index contributed by atoms with van der Waals surface area (Å²) in [5.74, 6) is -0.880. The summed E-state index contributed by atoms with van der Waals surface area (Å²) in [6.45, 7) is -1.34. The Balaban J connectivity index is 0.00000256. The molecule has 0 spiro atoms. The molecule has 0 heterocycles. The third-order valence-electron chi connectivity index (χ3n) is 1.96. The van der Waals surface area contributed by atoms with E-state index >= 15 is 0 Å². The van der Waals surface area contributed by atoms with Crippen molar-refractivity contribution in [3.8, 4) is 5.75 Å². The van der Waals surface area contributed by atoms with Crippen molar-refractivity contribution in [2.75, 3.05) is 6.61 Å². The summed E-state index contributed by atoms with van der Waals surface area (Å²) >= 11 is 0. The normalized spacial score (nSPS) is 10.6. The Kier molecular flexibility index (Phi) is 7.01. The summed E-state index contributed by atoms with van der Waals surface area (Å²) in [6.07, 6.45) is 0. The van der Waals surface area contributed by atoms with Crippen LogP contribution >= 0.6 is 0 Å². The molecule has 17 heavy (non-hydrogen) atoms. The maximum atomic E-state index is 13.1. The van der Waals surface area contributed by atoms with Crippen molar-refractivity contribution >= 4 is 6.98 Å². The van der Waals surface area contributed by atoms with E-state index in [1.165, 1.54) is 12.1 Å². The van der Waals surface area contributed by atoms with Gasteiger partial charge in [-0.2, -0.15) is 0 Å². The average molecular weight is 272 g/mol. The van der Waals surface area contributed by atoms with Crippen molar-refractivity contribution in [3.05, 3.63) is 41.6 Å². The van der Waals surface area contributed by atoms with Crippen LogP contribution in [0, 0.1) is 12.7 Å². The molecular weight excluding hydrogens is 262 g/mol. The van der Waals surface area contributed by atoms with Gasteiger partial charge in [-0.25, -0.2) is 4.39 Å². The van der Waals surface area contributed by atoms with Gasteiger partial charge in [-0.15, -0.1) is 12.1 Å². The van der Waals surface area contributed by atoms with Crippen molar-refractivity contribution in [1.29, 1.82) is 0 Å². The molecule has 0 aliphatic heterocycles. The zero-order chi connectivity index (χ0) is 12.3. The summed E-state index contributed by atoms with van der Waals surface area (Å²) in [7, 11) is 0. The van der Waals surface area contributed by atoms with Crippen molar-refractivity contribution in [3.63, 3.8) is 0 Å². The van der Waals surface area contributed by atoms with Crippen molar-refractivity contribution in [1.82, 2.24) is 0 Å². The number of hydrogen-bond acceptors (Lipinski definition) is 1. The Morgan fingerprint density at radius 2 is 1.94 bits per heavy atom. The third-order valence-corrected chi connectivity index (χ3v) is 1.96. The van der Waals surface area contributed by atoms with Crippen LogP contribution < -0.4 is 56.1 Å². The minimum atomic E-state index is -5.13. The Labute approximate surface area is 140 Å². The largest absolute Gasteiger partial charge is 1.00 e. The molecule has 0 fully saturated rings. The molecule has 0 aliphatic rings. The molecule has 0 bridgehead atoms. The van der Waals surface area contributed by atoms with Crippen LogP contribution in [0.1, 0.15) is 5.56 Å². The Hall–Kier alpha value is 0.181. The van der Waals surface area contributed by atoms with Gasteiger partial charge in [0.2, 0.25) is 0 Å². The minimum absolute atomic E-state index is 0. The van der Waals surface area contributed by atoms with E-state index in [1.54, 1.807) is 6.92 Å². The molecule has 88 valence electrons. The Morgan fingerprint density at radius 1 is 1.35 bits per heavy atom. The van der Waals surface area contributed by atoms with E-state index in [2.05, 4.69) is 6.58 Å². The van der Waals surface area contributed by atoms with E-state index in [1.807, 2.05) is 0 Å². The standard InChI is InChI=1S/C10H10BF4O.K/c1-7-3-4-9(12)10(5-7)16-6-8(2)11(13,14)15;/h3-5H,2,6H2,1H3;/q-1;+1. The molecule has 0 unspecified atom stereocenters. The molecule has 0 radical (unpaired) electrons. The van der Waals surface area contributed by atoms with Gasteiger partial charge in [0.15, 0.2) is 11.6 Å². The van der Waals surface area contributed by atoms with Gasteiger partial charge in [0.25, 0.3) is 0 Å². The van der Waals surface area contributed by atoms with Gasteiger partial charge in [0.05, 0.1) is 6.61 Å². The number of benzene rings is 1. The SMILES string of the molecule is C=C(COc1cc(C)ccc1F)[B-](F)(F)F.[K+]. The number of ether oxygens (including phenoxy) is 1. The fraction of sp³-hybridized carbons (Fsp3) is 0.200. The van der Waals surface area contributed by atoms with Crippen molar-refractivity contribution in [2.24, 2.45) is 0 Å². The van der Waals surface area contributed by atoms with Gasteiger partial charge in [-0.1, -0.05) is 6.07 Å². The van der Waals surface area contributed by atoms with Crippen LogP contribution in [0.4, 0.5) is 17.3 Å². The van der Waals surface area contributed by atoms with Crippen molar-refractivity contribution < 1.29 is 73.5 Å². The average Bonchev–Trinajstić information content (AvgIpc) is 2.17. The van der Waals surface area contributed by atoms with E-state index in [-0.39, 0.29) is 57.1 Å². The number of rotatable bonds is 4. The fourth-order valence-electron chi connectivity index (χ4n) is 0.986. The molecule has 0 saturated heterocycles.